The Kier molecular flexibility index (Phi) is 4.26. The summed E-state index contributed by atoms with van der Waals surface area (Å²) in [6.07, 6.45) is 1.50. The molecule has 1 aromatic carbocycles. The van der Waals surface area contributed by atoms with E-state index in [4.69, 9.17) is 4.42 Å². The van der Waals surface area contributed by atoms with Gasteiger partial charge in [-0.1, -0.05) is 32.9 Å². The molecule has 26 heavy (non-hydrogen) atoms. The predicted molar refractivity (Wildman–Crippen MR) is 99.0 cm³/mol. The van der Waals surface area contributed by atoms with Crippen molar-refractivity contribution in [2.24, 2.45) is 5.41 Å². The van der Waals surface area contributed by atoms with Crippen LogP contribution in [0.4, 0.5) is 5.69 Å². The average Bonchev–Trinajstić information content (AvgIpc) is 3.17. The van der Waals surface area contributed by atoms with Crippen molar-refractivity contribution < 1.29 is 19.1 Å². The molecule has 0 saturated heterocycles. The largest absolute Gasteiger partial charge is 0.503 e. The van der Waals surface area contributed by atoms with Gasteiger partial charge in [-0.2, -0.15) is 0 Å². The van der Waals surface area contributed by atoms with Gasteiger partial charge in [-0.25, -0.2) is 0 Å². The highest BCUT2D eigenvalue weighted by Crippen LogP contribution is 2.44. The quantitative estimate of drug-likeness (QED) is 0.887. The highest BCUT2D eigenvalue weighted by Gasteiger charge is 2.48. The molecular weight excluding hydrogens is 330 g/mol. The maximum atomic E-state index is 13.0. The smallest absolute Gasteiger partial charge is 0.294 e. The molecule has 0 spiro atoms. The third kappa shape index (κ3) is 2.73. The van der Waals surface area contributed by atoms with E-state index >= 15 is 0 Å². The second kappa shape index (κ2) is 6.16. The number of carbonyl (C=O) groups excluding carboxylic acids is 2. The Balaban J connectivity index is 2.22. The van der Waals surface area contributed by atoms with E-state index in [-0.39, 0.29) is 11.4 Å². The first kappa shape index (κ1) is 18.0. The summed E-state index contributed by atoms with van der Waals surface area (Å²) in [6, 6.07) is 8.25. The third-order valence-corrected chi connectivity index (χ3v) is 4.78. The summed E-state index contributed by atoms with van der Waals surface area (Å²) in [5.74, 6) is -0.937. The third-order valence-electron chi connectivity index (χ3n) is 4.78. The molecule has 3 rings (SSSR count). The van der Waals surface area contributed by atoms with E-state index in [1.165, 1.54) is 11.2 Å². The van der Waals surface area contributed by atoms with Gasteiger partial charge < -0.3 is 9.52 Å². The van der Waals surface area contributed by atoms with Crippen LogP contribution in [-0.4, -0.2) is 16.8 Å². The maximum absolute atomic E-state index is 13.0. The van der Waals surface area contributed by atoms with E-state index in [9.17, 15) is 14.7 Å². The fraction of sp³-hybridized carbons (Fsp3) is 0.333. The number of anilines is 1. The molecule has 1 unspecified atom stereocenters. The van der Waals surface area contributed by atoms with Crippen LogP contribution in [0.15, 0.2) is 52.3 Å². The normalized spacial score (nSPS) is 18.0. The number of benzene rings is 1. The minimum atomic E-state index is -0.787. The number of amides is 1. The molecule has 1 aromatic heterocycles. The molecule has 1 aliphatic heterocycles. The van der Waals surface area contributed by atoms with E-state index in [1.54, 1.807) is 32.9 Å². The van der Waals surface area contributed by atoms with Crippen LogP contribution < -0.4 is 4.90 Å². The van der Waals surface area contributed by atoms with Crippen LogP contribution in [0.5, 0.6) is 0 Å². The molecule has 0 aliphatic carbocycles. The Morgan fingerprint density at radius 3 is 2.42 bits per heavy atom. The van der Waals surface area contributed by atoms with Crippen LogP contribution in [0.25, 0.3) is 0 Å². The van der Waals surface area contributed by atoms with Gasteiger partial charge in [0.25, 0.3) is 5.91 Å². The van der Waals surface area contributed by atoms with Gasteiger partial charge >= 0.3 is 0 Å². The molecule has 1 amide bonds. The van der Waals surface area contributed by atoms with Crippen molar-refractivity contribution in [2.75, 3.05) is 4.90 Å². The number of furan rings is 1. The zero-order chi connectivity index (χ0) is 19.2. The minimum absolute atomic E-state index is 0.0818. The first-order valence-corrected chi connectivity index (χ1v) is 8.55. The Hall–Kier alpha value is -2.82. The minimum Gasteiger partial charge on any atom is -0.503 e. The Labute approximate surface area is 152 Å². The standard InChI is InChI=1S/C21H23NO4/c1-12-8-6-9-14(13(12)2)22-17(15-10-7-11-26-15)16(18(23)20(22)25)19(24)21(3,4)5/h6-11,17,23H,1-5H3. The maximum Gasteiger partial charge on any atom is 0.294 e. The summed E-state index contributed by atoms with van der Waals surface area (Å²) >= 11 is 0. The van der Waals surface area contributed by atoms with Crippen molar-refractivity contribution >= 4 is 17.4 Å². The van der Waals surface area contributed by atoms with E-state index in [0.29, 0.717) is 11.4 Å². The summed E-state index contributed by atoms with van der Waals surface area (Å²) in [5.41, 5.74) is 1.92. The second-order valence-corrected chi connectivity index (χ2v) is 7.65. The number of nitrogens with zero attached hydrogens (tertiary/aromatic N) is 1. The molecule has 0 saturated carbocycles. The zero-order valence-electron chi connectivity index (χ0n) is 15.7. The van der Waals surface area contributed by atoms with Crippen LogP contribution >= 0.6 is 0 Å². The van der Waals surface area contributed by atoms with Gasteiger partial charge in [-0.3, -0.25) is 14.5 Å². The fourth-order valence-electron chi connectivity index (χ4n) is 3.20. The molecule has 0 bridgehead atoms. The van der Waals surface area contributed by atoms with Gasteiger partial charge in [0.1, 0.15) is 11.8 Å². The highest BCUT2D eigenvalue weighted by molar-refractivity contribution is 6.17. The molecule has 5 nitrogen and oxygen atoms in total. The van der Waals surface area contributed by atoms with Gasteiger partial charge in [0.2, 0.25) is 0 Å². The molecule has 0 fully saturated rings. The molecule has 2 heterocycles. The molecular formula is C21H23NO4. The zero-order valence-corrected chi connectivity index (χ0v) is 15.7. The van der Waals surface area contributed by atoms with Crippen LogP contribution in [0.3, 0.4) is 0 Å². The molecule has 1 atom stereocenters. The van der Waals surface area contributed by atoms with Crippen molar-refractivity contribution in [3.8, 4) is 0 Å². The van der Waals surface area contributed by atoms with Crippen LogP contribution in [0, 0.1) is 19.3 Å². The van der Waals surface area contributed by atoms with E-state index in [1.807, 2.05) is 32.0 Å². The topological polar surface area (TPSA) is 70.8 Å². The van der Waals surface area contributed by atoms with Crippen LogP contribution in [0.1, 0.15) is 43.7 Å². The summed E-state index contributed by atoms with van der Waals surface area (Å²) in [6.45, 7) is 9.16. The number of Topliss-reactive ketones (excluding diaryl/α,β-unsaturated/α-hetero) is 1. The number of aliphatic hydroxyl groups is 1. The SMILES string of the molecule is Cc1cccc(N2C(=O)C(O)=C(C(=O)C(C)(C)C)C2c2ccco2)c1C. The summed E-state index contributed by atoms with van der Waals surface area (Å²) < 4.78 is 5.54. The van der Waals surface area contributed by atoms with Gasteiger partial charge in [-0.05, 0) is 43.2 Å². The monoisotopic (exact) mass is 353 g/mol. The first-order chi connectivity index (χ1) is 12.1. The first-order valence-electron chi connectivity index (χ1n) is 8.55. The van der Waals surface area contributed by atoms with Gasteiger partial charge in [0.05, 0.1) is 11.8 Å². The molecule has 0 radical (unpaired) electrons. The number of rotatable bonds is 3. The van der Waals surface area contributed by atoms with E-state index < -0.39 is 23.1 Å². The van der Waals surface area contributed by atoms with Crippen molar-refractivity contribution in [3.63, 3.8) is 0 Å². The van der Waals surface area contributed by atoms with E-state index in [2.05, 4.69) is 0 Å². The fourth-order valence-corrected chi connectivity index (χ4v) is 3.20. The van der Waals surface area contributed by atoms with Gasteiger partial charge in [0, 0.05) is 11.1 Å². The summed E-state index contributed by atoms with van der Waals surface area (Å²) in [5, 5.41) is 10.6. The summed E-state index contributed by atoms with van der Waals surface area (Å²) in [7, 11) is 0. The lowest BCUT2D eigenvalue weighted by molar-refractivity contribution is -0.123. The van der Waals surface area contributed by atoms with Gasteiger partial charge in [0.15, 0.2) is 11.5 Å². The summed E-state index contributed by atoms with van der Waals surface area (Å²) in [4.78, 5) is 27.4. The van der Waals surface area contributed by atoms with Crippen molar-refractivity contribution in [3.05, 3.63) is 64.8 Å². The van der Waals surface area contributed by atoms with Crippen LogP contribution in [0.2, 0.25) is 0 Å². The lowest BCUT2D eigenvalue weighted by atomic mass is 9.83. The highest BCUT2D eigenvalue weighted by atomic mass is 16.3. The number of aryl methyl sites for hydroxylation is 1. The number of ketones is 1. The number of hydrogen-bond acceptors (Lipinski definition) is 4. The predicted octanol–water partition coefficient (Wildman–Crippen LogP) is 4.41. The average molecular weight is 353 g/mol. The molecule has 1 aliphatic rings. The lowest BCUT2D eigenvalue weighted by Crippen LogP contribution is -2.33. The number of carbonyl (C=O) groups is 2. The van der Waals surface area contributed by atoms with Gasteiger partial charge in [-0.15, -0.1) is 0 Å². The number of hydrogen-bond donors (Lipinski definition) is 1. The van der Waals surface area contributed by atoms with E-state index in [0.717, 1.165) is 11.1 Å². The molecule has 2 aromatic rings. The molecule has 5 heteroatoms. The molecule has 1 N–H and O–H groups in total. The Bertz CT molecular complexity index is 901. The molecule has 136 valence electrons. The lowest BCUT2D eigenvalue weighted by Gasteiger charge is -2.28. The Morgan fingerprint density at radius 1 is 1.15 bits per heavy atom. The van der Waals surface area contributed by atoms with Crippen molar-refractivity contribution in [1.29, 1.82) is 0 Å². The Morgan fingerprint density at radius 2 is 1.85 bits per heavy atom. The number of aliphatic hydroxyl groups excluding tert-OH is 1. The van der Waals surface area contributed by atoms with Crippen molar-refractivity contribution in [1.82, 2.24) is 0 Å². The second-order valence-electron chi connectivity index (χ2n) is 7.65. The van der Waals surface area contributed by atoms with Crippen LogP contribution in [-0.2, 0) is 9.59 Å². The van der Waals surface area contributed by atoms with Crippen molar-refractivity contribution in [2.45, 2.75) is 40.7 Å².